The van der Waals surface area contributed by atoms with Crippen LogP contribution in [0, 0.1) is 0 Å². The summed E-state index contributed by atoms with van der Waals surface area (Å²) in [5, 5.41) is 11.1. The minimum Gasteiger partial charge on any atom is -0.356 e. The van der Waals surface area contributed by atoms with Gasteiger partial charge in [-0.05, 0) is 41.4 Å². The molecule has 0 spiro atoms. The summed E-state index contributed by atoms with van der Waals surface area (Å²) in [4.78, 5) is 9.38. The molecule has 0 amide bonds. The van der Waals surface area contributed by atoms with Gasteiger partial charge in [0.2, 0.25) is 0 Å². The quantitative estimate of drug-likeness (QED) is 0.437. The van der Waals surface area contributed by atoms with E-state index in [0.29, 0.717) is 6.04 Å². The zero-order valence-electron chi connectivity index (χ0n) is 16.4. The number of thiophene rings is 1. The Balaban J connectivity index is 1.44. The maximum absolute atomic E-state index is 4.32. The van der Waals surface area contributed by atoms with Gasteiger partial charge >= 0.3 is 0 Å². The normalized spacial score (nSPS) is 19.2. The van der Waals surface area contributed by atoms with E-state index >= 15 is 0 Å². The molecular formula is C21H31N5S. The van der Waals surface area contributed by atoms with Gasteiger partial charge in [-0.15, -0.1) is 0 Å². The second-order valence-electron chi connectivity index (χ2n) is 7.06. The van der Waals surface area contributed by atoms with Crippen molar-refractivity contribution in [3.05, 3.63) is 58.3 Å². The molecule has 1 aliphatic heterocycles. The zero-order chi connectivity index (χ0) is 18.9. The lowest BCUT2D eigenvalue weighted by Gasteiger charge is -2.40. The van der Waals surface area contributed by atoms with Gasteiger partial charge in [-0.2, -0.15) is 11.3 Å². The molecule has 0 aliphatic carbocycles. The Hall–Kier alpha value is -1.89. The molecule has 5 nitrogen and oxygen atoms in total. The summed E-state index contributed by atoms with van der Waals surface area (Å²) in [7, 11) is 4.05. The summed E-state index contributed by atoms with van der Waals surface area (Å²) >= 11 is 1.73. The van der Waals surface area contributed by atoms with Crippen molar-refractivity contribution in [2.24, 2.45) is 4.99 Å². The van der Waals surface area contributed by atoms with Crippen LogP contribution >= 0.6 is 11.3 Å². The van der Waals surface area contributed by atoms with Crippen LogP contribution in [0.4, 0.5) is 0 Å². The second-order valence-corrected chi connectivity index (χ2v) is 7.84. The van der Waals surface area contributed by atoms with Crippen molar-refractivity contribution in [2.75, 3.05) is 46.8 Å². The lowest BCUT2D eigenvalue weighted by molar-refractivity contribution is 0.0891. The Labute approximate surface area is 167 Å². The number of guanidine groups is 1. The van der Waals surface area contributed by atoms with Crippen LogP contribution in [0.3, 0.4) is 0 Å². The van der Waals surface area contributed by atoms with Crippen molar-refractivity contribution in [3.8, 4) is 0 Å². The van der Waals surface area contributed by atoms with Crippen molar-refractivity contribution < 1.29 is 0 Å². The first kappa shape index (κ1) is 19.9. The fraction of sp³-hybridized carbons (Fsp3) is 0.476. The molecule has 3 rings (SSSR count). The highest BCUT2D eigenvalue weighted by atomic mass is 32.1. The van der Waals surface area contributed by atoms with Crippen LogP contribution in [0.2, 0.25) is 0 Å². The zero-order valence-corrected chi connectivity index (χ0v) is 17.2. The number of hydrogen-bond acceptors (Lipinski definition) is 4. The number of nitrogens with one attached hydrogen (secondary N) is 2. The molecule has 0 bridgehead atoms. The summed E-state index contributed by atoms with van der Waals surface area (Å²) < 4.78 is 0. The van der Waals surface area contributed by atoms with Gasteiger partial charge in [-0.25, -0.2) is 0 Å². The molecule has 146 valence electrons. The van der Waals surface area contributed by atoms with Gasteiger partial charge in [0.25, 0.3) is 0 Å². The van der Waals surface area contributed by atoms with E-state index in [1.165, 1.54) is 11.1 Å². The van der Waals surface area contributed by atoms with Crippen LogP contribution in [-0.4, -0.2) is 62.6 Å². The maximum atomic E-state index is 4.32. The van der Waals surface area contributed by atoms with Crippen molar-refractivity contribution in [3.63, 3.8) is 0 Å². The third-order valence-corrected chi connectivity index (χ3v) is 5.79. The molecule has 2 aromatic rings. The Morgan fingerprint density at radius 1 is 1.19 bits per heavy atom. The summed E-state index contributed by atoms with van der Waals surface area (Å²) in [6.45, 7) is 6.21. The fourth-order valence-corrected chi connectivity index (χ4v) is 4.17. The minimum atomic E-state index is 0.487. The van der Waals surface area contributed by atoms with Crippen LogP contribution in [0.15, 0.2) is 52.2 Å². The molecule has 1 unspecified atom stereocenters. The summed E-state index contributed by atoms with van der Waals surface area (Å²) in [5.41, 5.74) is 2.72. The highest BCUT2D eigenvalue weighted by molar-refractivity contribution is 7.07. The minimum absolute atomic E-state index is 0.487. The van der Waals surface area contributed by atoms with E-state index in [1.54, 1.807) is 11.3 Å². The largest absolute Gasteiger partial charge is 0.356 e. The smallest absolute Gasteiger partial charge is 0.191 e. The molecule has 2 N–H and O–H groups in total. The third-order valence-electron chi connectivity index (χ3n) is 5.06. The number of benzene rings is 1. The highest BCUT2D eigenvalue weighted by Gasteiger charge is 2.25. The van der Waals surface area contributed by atoms with Crippen molar-refractivity contribution in [1.29, 1.82) is 0 Å². The average molecular weight is 386 g/mol. The third kappa shape index (κ3) is 6.06. The van der Waals surface area contributed by atoms with Gasteiger partial charge in [-0.1, -0.05) is 30.3 Å². The van der Waals surface area contributed by atoms with E-state index in [2.05, 4.69) is 79.6 Å². The lowest BCUT2D eigenvalue weighted by Crippen LogP contribution is -2.47. The average Bonchev–Trinajstić information content (AvgIpc) is 3.22. The van der Waals surface area contributed by atoms with Gasteiger partial charge in [0, 0.05) is 52.4 Å². The Morgan fingerprint density at radius 2 is 2.04 bits per heavy atom. The van der Waals surface area contributed by atoms with Crippen LogP contribution in [0.5, 0.6) is 0 Å². The number of piperazine rings is 1. The van der Waals surface area contributed by atoms with Gasteiger partial charge < -0.3 is 15.5 Å². The highest BCUT2D eigenvalue weighted by Crippen LogP contribution is 2.24. The summed E-state index contributed by atoms with van der Waals surface area (Å²) in [6, 6.07) is 13.5. The predicted octanol–water partition coefficient (Wildman–Crippen LogP) is 2.79. The van der Waals surface area contributed by atoms with Crippen molar-refractivity contribution in [2.45, 2.75) is 19.0 Å². The van der Waals surface area contributed by atoms with Crippen LogP contribution in [0.1, 0.15) is 23.6 Å². The molecule has 0 radical (unpaired) electrons. The van der Waals surface area contributed by atoms with Gasteiger partial charge in [0.1, 0.15) is 0 Å². The number of hydrogen-bond donors (Lipinski definition) is 2. The van der Waals surface area contributed by atoms with E-state index < -0.39 is 0 Å². The number of rotatable bonds is 7. The van der Waals surface area contributed by atoms with Gasteiger partial charge in [0.15, 0.2) is 5.96 Å². The van der Waals surface area contributed by atoms with Gasteiger partial charge in [0.05, 0.1) is 0 Å². The molecular weight excluding hydrogens is 354 g/mol. The van der Waals surface area contributed by atoms with E-state index in [9.17, 15) is 0 Å². The van der Waals surface area contributed by atoms with Crippen molar-refractivity contribution in [1.82, 2.24) is 20.4 Å². The Bertz CT molecular complexity index is 686. The van der Waals surface area contributed by atoms with E-state index in [1.807, 2.05) is 7.05 Å². The van der Waals surface area contributed by atoms with Crippen LogP contribution < -0.4 is 10.6 Å². The number of nitrogens with zero attached hydrogens (tertiary/aromatic N) is 3. The first-order valence-electron chi connectivity index (χ1n) is 9.69. The molecule has 1 aromatic heterocycles. The molecule has 27 heavy (non-hydrogen) atoms. The number of aliphatic imine (C=N–C) groups is 1. The Morgan fingerprint density at radius 3 is 2.78 bits per heavy atom. The fourth-order valence-electron chi connectivity index (χ4n) is 3.50. The first-order valence-corrected chi connectivity index (χ1v) is 10.6. The van der Waals surface area contributed by atoms with E-state index in [4.69, 9.17) is 0 Å². The summed E-state index contributed by atoms with van der Waals surface area (Å²) in [5.74, 6) is 0.874. The molecule has 0 saturated carbocycles. The molecule has 6 heteroatoms. The molecule has 1 aliphatic rings. The SMILES string of the molecule is CN=C(NCCCN1CCN(C)CC1c1ccccc1)NCc1ccsc1. The predicted molar refractivity (Wildman–Crippen MR) is 115 cm³/mol. The van der Waals surface area contributed by atoms with E-state index in [-0.39, 0.29) is 0 Å². The van der Waals surface area contributed by atoms with Crippen LogP contribution in [-0.2, 0) is 6.54 Å². The second kappa shape index (κ2) is 10.4. The molecule has 1 atom stereocenters. The first-order chi connectivity index (χ1) is 13.3. The Kier molecular flexibility index (Phi) is 7.68. The maximum Gasteiger partial charge on any atom is 0.191 e. The number of likely N-dealkylation sites (N-methyl/N-ethyl adjacent to an activating group) is 1. The summed E-state index contributed by atoms with van der Waals surface area (Å²) in [6.07, 6.45) is 1.10. The van der Waals surface area contributed by atoms with Crippen LogP contribution in [0.25, 0.3) is 0 Å². The molecule has 1 fully saturated rings. The van der Waals surface area contributed by atoms with E-state index in [0.717, 1.165) is 51.6 Å². The lowest BCUT2D eigenvalue weighted by atomic mass is 10.0. The molecule has 1 saturated heterocycles. The van der Waals surface area contributed by atoms with Gasteiger partial charge in [-0.3, -0.25) is 9.89 Å². The molecule has 1 aromatic carbocycles. The topological polar surface area (TPSA) is 42.9 Å². The molecule has 2 heterocycles. The van der Waals surface area contributed by atoms with Crippen molar-refractivity contribution >= 4 is 17.3 Å². The monoisotopic (exact) mass is 385 g/mol. The standard InChI is InChI=1S/C21H31N5S/c1-22-21(24-15-18-9-14-27-17-18)23-10-6-11-26-13-12-25(2)16-20(26)19-7-4-3-5-8-19/h3-5,7-9,14,17,20H,6,10-13,15-16H2,1-2H3,(H2,22,23,24).